The van der Waals surface area contributed by atoms with E-state index in [2.05, 4.69) is 15.6 Å². The second kappa shape index (κ2) is 6.39. The van der Waals surface area contributed by atoms with Gasteiger partial charge in [0.1, 0.15) is 5.75 Å². The highest BCUT2D eigenvalue weighted by Crippen LogP contribution is 2.29. The van der Waals surface area contributed by atoms with Gasteiger partial charge in [-0.2, -0.15) is 0 Å². The first kappa shape index (κ1) is 14.9. The van der Waals surface area contributed by atoms with Gasteiger partial charge in [0.05, 0.1) is 22.2 Å². The molecule has 0 aliphatic rings. The Bertz CT molecular complexity index is 827. The first-order chi connectivity index (χ1) is 10.7. The molecule has 0 radical (unpaired) electrons. The SMILES string of the molecule is COc1ccc2nc(NC(=S)NC(=O)c3cccs3)sc2c1. The zero-order valence-corrected chi connectivity index (χ0v) is 13.9. The number of aromatic nitrogens is 1. The molecule has 0 atom stereocenters. The van der Waals surface area contributed by atoms with Crippen LogP contribution < -0.4 is 15.4 Å². The molecule has 0 saturated carbocycles. The van der Waals surface area contributed by atoms with E-state index in [0.717, 1.165) is 16.0 Å². The van der Waals surface area contributed by atoms with Crippen LogP contribution in [0, 0.1) is 0 Å². The summed E-state index contributed by atoms with van der Waals surface area (Å²) in [6.45, 7) is 0. The van der Waals surface area contributed by atoms with Crippen molar-refractivity contribution in [1.29, 1.82) is 0 Å². The molecule has 8 heteroatoms. The number of methoxy groups -OCH3 is 1. The number of thiazole rings is 1. The van der Waals surface area contributed by atoms with Gasteiger partial charge in [0, 0.05) is 0 Å². The number of nitrogens with one attached hydrogen (secondary N) is 2. The number of amides is 1. The fraction of sp³-hybridized carbons (Fsp3) is 0.0714. The third-order valence-corrected chi connectivity index (χ3v) is 4.79. The largest absolute Gasteiger partial charge is 0.497 e. The molecular formula is C14H11N3O2S3. The summed E-state index contributed by atoms with van der Waals surface area (Å²) >= 11 is 7.95. The molecule has 3 rings (SSSR count). The van der Waals surface area contributed by atoms with Gasteiger partial charge in [-0.05, 0) is 41.9 Å². The smallest absolute Gasteiger partial charge is 0.267 e. The van der Waals surface area contributed by atoms with Crippen LogP contribution in [0.3, 0.4) is 0 Å². The molecule has 2 N–H and O–H groups in total. The van der Waals surface area contributed by atoms with E-state index in [1.807, 2.05) is 29.6 Å². The maximum atomic E-state index is 11.9. The zero-order chi connectivity index (χ0) is 15.5. The fourth-order valence-corrected chi connectivity index (χ4v) is 3.56. The van der Waals surface area contributed by atoms with Crippen LogP contribution in [0.25, 0.3) is 10.2 Å². The van der Waals surface area contributed by atoms with E-state index in [0.29, 0.717) is 10.0 Å². The van der Waals surface area contributed by atoms with Crippen LogP contribution in [0.15, 0.2) is 35.7 Å². The van der Waals surface area contributed by atoms with Gasteiger partial charge < -0.3 is 10.1 Å². The molecule has 0 spiro atoms. The van der Waals surface area contributed by atoms with Gasteiger partial charge in [0.25, 0.3) is 5.91 Å². The van der Waals surface area contributed by atoms with Gasteiger partial charge in [-0.1, -0.05) is 17.4 Å². The lowest BCUT2D eigenvalue weighted by Gasteiger charge is -2.05. The zero-order valence-electron chi connectivity index (χ0n) is 11.5. The van der Waals surface area contributed by atoms with E-state index in [1.165, 1.54) is 22.7 Å². The van der Waals surface area contributed by atoms with E-state index in [9.17, 15) is 4.79 Å². The van der Waals surface area contributed by atoms with Crippen molar-refractivity contribution in [3.8, 4) is 5.75 Å². The number of nitrogens with zero attached hydrogens (tertiary/aromatic N) is 1. The van der Waals surface area contributed by atoms with Gasteiger partial charge in [0.15, 0.2) is 10.2 Å². The minimum Gasteiger partial charge on any atom is -0.497 e. The Morgan fingerprint density at radius 1 is 1.36 bits per heavy atom. The maximum Gasteiger partial charge on any atom is 0.267 e. The molecule has 0 bridgehead atoms. The Hall–Kier alpha value is -2.03. The number of benzene rings is 1. The van der Waals surface area contributed by atoms with Crippen molar-refractivity contribution in [1.82, 2.24) is 10.3 Å². The minimum atomic E-state index is -0.227. The van der Waals surface area contributed by atoms with Gasteiger partial charge in [-0.15, -0.1) is 11.3 Å². The molecule has 5 nitrogen and oxygen atoms in total. The summed E-state index contributed by atoms with van der Waals surface area (Å²) in [4.78, 5) is 16.9. The molecule has 2 heterocycles. The van der Waals surface area contributed by atoms with Crippen LogP contribution in [0.1, 0.15) is 9.67 Å². The average molecular weight is 349 g/mol. The van der Waals surface area contributed by atoms with Crippen molar-refractivity contribution in [2.75, 3.05) is 12.4 Å². The second-order valence-corrected chi connectivity index (χ2v) is 6.62. The summed E-state index contributed by atoms with van der Waals surface area (Å²) in [6, 6.07) is 9.20. The molecule has 112 valence electrons. The first-order valence-corrected chi connectivity index (χ1v) is 8.36. The van der Waals surface area contributed by atoms with Crippen LogP contribution in [-0.4, -0.2) is 23.1 Å². The molecule has 2 aromatic heterocycles. The van der Waals surface area contributed by atoms with Crippen LogP contribution in [0.2, 0.25) is 0 Å². The van der Waals surface area contributed by atoms with Crippen molar-refractivity contribution in [2.24, 2.45) is 0 Å². The van der Waals surface area contributed by atoms with E-state index in [1.54, 1.807) is 13.2 Å². The number of thiophene rings is 1. The summed E-state index contributed by atoms with van der Waals surface area (Å²) in [7, 11) is 1.62. The highest BCUT2D eigenvalue weighted by molar-refractivity contribution is 7.80. The van der Waals surface area contributed by atoms with Crippen molar-refractivity contribution < 1.29 is 9.53 Å². The number of ether oxygens (including phenoxy) is 1. The molecular weight excluding hydrogens is 338 g/mol. The third kappa shape index (κ3) is 3.24. The Labute approximate surface area is 139 Å². The van der Waals surface area contributed by atoms with Gasteiger partial charge in [-0.25, -0.2) is 4.98 Å². The molecule has 0 aliphatic heterocycles. The summed E-state index contributed by atoms with van der Waals surface area (Å²) in [5.41, 5.74) is 0.848. The summed E-state index contributed by atoms with van der Waals surface area (Å²) in [6.07, 6.45) is 0. The lowest BCUT2D eigenvalue weighted by molar-refractivity contribution is 0.0981. The van der Waals surface area contributed by atoms with Crippen molar-refractivity contribution in [3.63, 3.8) is 0 Å². The number of thiocarbonyl (C=S) groups is 1. The number of hydrogen-bond acceptors (Lipinski definition) is 6. The molecule has 0 aliphatic carbocycles. The number of fused-ring (bicyclic) bond motifs is 1. The Balaban J connectivity index is 1.70. The van der Waals surface area contributed by atoms with Crippen molar-refractivity contribution in [2.45, 2.75) is 0 Å². The second-order valence-electron chi connectivity index (χ2n) is 4.24. The fourth-order valence-electron chi connectivity index (χ4n) is 1.79. The highest BCUT2D eigenvalue weighted by atomic mass is 32.1. The molecule has 1 amide bonds. The highest BCUT2D eigenvalue weighted by Gasteiger charge is 2.11. The van der Waals surface area contributed by atoms with Crippen LogP contribution in [0.4, 0.5) is 5.13 Å². The lowest BCUT2D eigenvalue weighted by Crippen LogP contribution is -2.33. The summed E-state index contributed by atoms with van der Waals surface area (Å²) in [5.74, 6) is 0.548. The Kier molecular flexibility index (Phi) is 4.32. The number of carbonyl (C=O) groups is 1. The lowest BCUT2D eigenvalue weighted by atomic mass is 10.3. The van der Waals surface area contributed by atoms with E-state index < -0.39 is 0 Å². The molecule has 0 saturated heterocycles. The van der Waals surface area contributed by atoms with Gasteiger partial charge in [0.2, 0.25) is 0 Å². The topological polar surface area (TPSA) is 63.2 Å². The van der Waals surface area contributed by atoms with E-state index in [-0.39, 0.29) is 11.0 Å². The minimum absolute atomic E-state index is 0.226. The maximum absolute atomic E-state index is 11.9. The Morgan fingerprint density at radius 3 is 2.95 bits per heavy atom. The van der Waals surface area contributed by atoms with E-state index in [4.69, 9.17) is 17.0 Å². The first-order valence-electron chi connectivity index (χ1n) is 6.26. The standard InChI is InChI=1S/C14H11N3O2S3/c1-19-8-4-5-9-11(7-8)22-14(15-9)17-13(20)16-12(18)10-3-2-6-21-10/h2-7H,1H3,(H2,15,16,17,18,20). The van der Waals surface area contributed by atoms with Crippen LogP contribution in [-0.2, 0) is 0 Å². The number of rotatable bonds is 3. The number of hydrogen-bond donors (Lipinski definition) is 2. The van der Waals surface area contributed by atoms with Crippen LogP contribution in [0.5, 0.6) is 5.75 Å². The Morgan fingerprint density at radius 2 is 2.23 bits per heavy atom. The van der Waals surface area contributed by atoms with Gasteiger partial charge in [-0.3, -0.25) is 10.1 Å². The number of anilines is 1. The molecule has 3 aromatic rings. The molecule has 0 unspecified atom stereocenters. The van der Waals surface area contributed by atoms with Crippen LogP contribution >= 0.6 is 34.9 Å². The molecule has 0 fully saturated rings. The average Bonchev–Trinajstić information content (AvgIpc) is 3.15. The van der Waals surface area contributed by atoms with Crippen molar-refractivity contribution in [3.05, 3.63) is 40.6 Å². The molecule has 22 heavy (non-hydrogen) atoms. The van der Waals surface area contributed by atoms with E-state index >= 15 is 0 Å². The predicted octanol–water partition coefficient (Wildman–Crippen LogP) is 3.49. The number of carbonyl (C=O) groups excluding carboxylic acids is 1. The molecule has 1 aromatic carbocycles. The predicted molar refractivity (Wildman–Crippen MR) is 94.2 cm³/mol. The van der Waals surface area contributed by atoms with Gasteiger partial charge >= 0.3 is 0 Å². The summed E-state index contributed by atoms with van der Waals surface area (Å²) < 4.78 is 6.16. The van der Waals surface area contributed by atoms with Crippen molar-refractivity contribution >= 4 is 61.3 Å². The monoisotopic (exact) mass is 349 g/mol. The normalized spacial score (nSPS) is 10.4. The summed E-state index contributed by atoms with van der Waals surface area (Å²) in [5, 5.41) is 8.25. The third-order valence-electron chi connectivity index (χ3n) is 2.79. The quantitative estimate of drug-likeness (QED) is 0.709.